The fourth-order valence-electron chi connectivity index (χ4n) is 1.22. The average Bonchev–Trinajstić information content (AvgIpc) is 2.47. The monoisotopic (exact) mass is 175 g/mol. The van der Waals surface area contributed by atoms with Gasteiger partial charge in [0, 0.05) is 17.0 Å². The van der Waals surface area contributed by atoms with Gasteiger partial charge in [0.05, 0.1) is 5.69 Å². The Hall–Kier alpha value is -1.38. The minimum Gasteiger partial charge on any atom is -0.345 e. The van der Waals surface area contributed by atoms with Crippen LogP contribution in [0.2, 0.25) is 0 Å². The van der Waals surface area contributed by atoms with Crippen LogP contribution in [0.1, 0.15) is 26.5 Å². The van der Waals surface area contributed by atoms with Gasteiger partial charge in [0.1, 0.15) is 0 Å². The van der Waals surface area contributed by atoms with Crippen LogP contribution in [0, 0.1) is 0 Å². The zero-order valence-corrected chi connectivity index (χ0v) is 8.13. The summed E-state index contributed by atoms with van der Waals surface area (Å²) in [4.78, 5) is 3.02. The van der Waals surface area contributed by atoms with Crippen LogP contribution in [-0.4, -0.2) is 15.2 Å². The molecule has 0 aromatic carbocycles. The first-order valence-electron chi connectivity index (χ1n) is 4.39. The molecule has 2 aromatic rings. The topological polar surface area (TPSA) is 41.6 Å². The molecule has 3 nitrogen and oxygen atoms in total. The van der Waals surface area contributed by atoms with Gasteiger partial charge >= 0.3 is 0 Å². The Morgan fingerprint density at radius 3 is 2.69 bits per heavy atom. The van der Waals surface area contributed by atoms with E-state index >= 15 is 0 Å². The lowest BCUT2D eigenvalue weighted by Crippen LogP contribution is -2.13. The maximum atomic E-state index is 4.17. The van der Waals surface area contributed by atoms with Crippen molar-refractivity contribution in [3.8, 4) is 0 Å². The van der Waals surface area contributed by atoms with Crippen LogP contribution < -0.4 is 0 Å². The van der Waals surface area contributed by atoms with E-state index in [0.29, 0.717) is 0 Å². The van der Waals surface area contributed by atoms with Crippen LogP contribution >= 0.6 is 0 Å². The maximum Gasteiger partial charge on any atom is 0.159 e. The average molecular weight is 175 g/mol. The van der Waals surface area contributed by atoms with Gasteiger partial charge in [0.2, 0.25) is 0 Å². The van der Waals surface area contributed by atoms with Crippen LogP contribution in [0.25, 0.3) is 11.0 Å². The molecule has 0 unspecified atom stereocenters. The standard InChI is InChI=1S/C10H13N3/c1-10(2,3)8-6-7-4-5-11-9(7)13-12-8/h4-6H,1-3H3,(H,11,13). The van der Waals surface area contributed by atoms with Gasteiger partial charge in [0.15, 0.2) is 5.65 Å². The molecule has 2 rings (SSSR count). The van der Waals surface area contributed by atoms with Gasteiger partial charge in [-0.1, -0.05) is 20.8 Å². The number of nitrogens with zero attached hydrogens (tertiary/aromatic N) is 2. The van der Waals surface area contributed by atoms with Gasteiger partial charge in [-0.2, -0.15) is 5.10 Å². The van der Waals surface area contributed by atoms with Gasteiger partial charge in [-0.3, -0.25) is 0 Å². The van der Waals surface area contributed by atoms with Gasteiger partial charge in [-0.25, -0.2) is 0 Å². The Morgan fingerprint density at radius 2 is 2.00 bits per heavy atom. The molecule has 0 bridgehead atoms. The number of fused-ring (bicyclic) bond motifs is 1. The normalized spacial score (nSPS) is 12.2. The van der Waals surface area contributed by atoms with Crippen molar-refractivity contribution in [3.05, 3.63) is 24.0 Å². The molecule has 0 atom stereocenters. The predicted molar refractivity (Wildman–Crippen MR) is 52.6 cm³/mol. The van der Waals surface area contributed by atoms with E-state index in [9.17, 15) is 0 Å². The van der Waals surface area contributed by atoms with E-state index in [0.717, 1.165) is 16.7 Å². The molecule has 0 aliphatic heterocycles. The van der Waals surface area contributed by atoms with Gasteiger partial charge < -0.3 is 4.98 Å². The molecule has 0 aliphatic rings. The second kappa shape index (κ2) is 2.55. The fraction of sp³-hybridized carbons (Fsp3) is 0.400. The summed E-state index contributed by atoms with van der Waals surface area (Å²) in [5, 5.41) is 9.40. The van der Waals surface area contributed by atoms with E-state index in [-0.39, 0.29) is 5.41 Å². The molecule has 3 heteroatoms. The molecule has 2 heterocycles. The number of hydrogen-bond acceptors (Lipinski definition) is 2. The Bertz CT molecular complexity index is 423. The molecule has 2 aromatic heterocycles. The lowest BCUT2D eigenvalue weighted by atomic mass is 9.92. The quantitative estimate of drug-likeness (QED) is 0.667. The van der Waals surface area contributed by atoms with Crippen LogP contribution in [0.15, 0.2) is 18.3 Å². The molecular weight excluding hydrogens is 162 g/mol. The fourth-order valence-corrected chi connectivity index (χ4v) is 1.22. The van der Waals surface area contributed by atoms with Crippen LogP contribution in [0.3, 0.4) is 0 Å². The van der Waals surface area contributed by atoms with Crippen molar-refractivity contribution in [2.45, 2.75) is 26.2 Å². The Kier molecular flexibility index (Phi) is 1.62. The molecule has 0 radical (unpaired) electrons. The highest BCUT2D eigenvalue weighted by atomic mass is 15.1. The smallest absolute Gasteiger partial charge is 0.159 e. The molecule has 13 heavy (non-hydrogen) atoms. The summed E-state index contributed by atoms with van der Waals surface area (Å²) in [6.07, 6.45) is 1.88. The van der Waals surface area contributed by atoms with E-state index < -0.39 is 0 Å². The highest BCUT2D eigenvalue weighted by molar-refractivity contribution is 5.74. The Morgan fingerprint density at radius 1 is 1.23 bits per heavy atom. The summed E-state index contributed by atoms with van der Waals surface area (Å²) >= 11 is 0. The van der Waals surface area contributed by atoms with Crippen molar-refractivity contribution < 1.29 is 0 Å². The molecule has 0 amide bonds. The largest absolute Gasteiger partial charge is 0.345 e. The first kappa shape index (κ1) is 8.23. The van der Waals surface area contributed by atoms with Crippen LogP contribution in [0.4, 0.5) is 0 Å². The number of nitrogens with one attached hydrogen (secondary N) is 1. The van der Waals surface area contributed by atoms with Crippen molar-refractivity contribution >= 4 is 11.0 Å². The Balaban J connectivity index is 2.61. The van der Waals surface area contributed by atoms with Gasteiger partial charge in [0.25, 0.3) is 0 Å². The van der Waals surface area contributed by atoms with Crippen molar-refractivity contribution in [2.75, 3.05) is 0 Å². The molecule has 0 fully saturated rings. The zero-order chi connectivity index (χ0) is 9.47. The summed E-state index contributed by atoms with van der Waals surface area (Å²) < 4.78 is 0. The lowest BCUT2D eigenvalue weighted by Gasteiger charge is -2.16. The SMILES string of the molecule is CC(C)(C)c1cc2cc[nH]c2nn1. The number of aromatic amines is 1. The number of aromatic nitrogens is 3. The van der Waals surface area contributed by atoms with E-state index in [1.165, 1.54) is 0 Å². The highest BCUT2D eigenvalue weighted by Crippen LogP contribution is 2.21. The van der Waals surface area contributed by atoms with E-state index in [1.54, 1.807) is 0 Å². The second-order valence-electron chi connectivity index (χ2n) is 4.26. The summed E-state index contributed by atoms with van der Waals surface area (Å²) in [6.45, 7) is 6.40. The molecule has 0 spiro atoms. The first-order chi connectivity index (χ1) is 6.07. The predicted octanol–water partition coefficient (Wildman–Crippen LogP) is 2.26. The molecule has 1 N–H and O–H groups in total. The van der Waals surface area contributed by atoms with Crippen molar-refractivity contribution in [2.24, 2.45) is 0 Å². The third-order valence-electron chi connectivity index (χ3n) is 2.07. The van der Waals surface area contributed by atoms with Crippen molar-refractivity contribution in [1.29, 1.82) is 0 Å². The van der Waals surface area contributed by atoms with Crippen molar-refractivity contribution in [3.63, 3.8) is 0 Å². The molecular formula is C10H13N3. The lowest BCUT2D eigenvalue weighted by molar-refractivity contribution is 0.561. The van der Waals surface area contributed by atoms with Crippen LogP contribution in [-0.2, 0) is 5.41 Å². The molecule has 68 valence electrons. The minimum absolute atomic E-state index is 0.0679. The van der Waals surface area contributed by atoms with Crippen LogP contribution in [0.5, 0.6) is 0 Å². The molecule has 0 saturated heterocycles. The summed E-state index contributed by atoms with van der Waals surface area (Å²) in [5.74, 6) is 0. The third kappa shape index (κ3) is 1.41. The molecule has 0 saturated carbocycles. The van der Waals surface area contributed by atoms with Crippen molar-refractivity contribution in [1.82, 2.24) is 15.2 Å². The van der Waals surface area contributed by atoms with Gasteiger partial charge in [-0.05, 0) is 12.1 Å². The minimum atomic E-state index is 0.0679. The summed E-state index contributed by atoms with van der Waals surface area (Å²) in [6, 6.07) is 4.10. The summed E-state index contributed by atoms with van der Waals surface area (Å²) in [7, 11) is 0. The van der Waals surface area contributed by atoms with Gasteiger partial charge in [-0.15, -0.1) is 5.10 Å². The highest BCUT2D eigenvalue weighted by Gasteiger charge is 2.16. The maximum absolute atomic E-state index is 4.17. The van der Waals surface area contributed by atoms with E-state index in [1.807, 2.05) is 12.3 Å². The van der Waals surface area contributed by atoms with E-state index in [2.05, 4.69) is 42.0 Å². The third-order valence-corrected chi connectivity index (χ3v) is 2.07. The second-order valence-corrected chi connectivity index (χ2v) is 4.26. The zero-order valence-electron chi connectivity index (χ0n) is 8.13. The number of hydrogen-bond donors (Lipinski definition) is 1. The van der Waals surface area contributed by atoms with E-state index in [4.69, 9.17) is 0 Å². The number of H-pyrrole nitrogens is 1. The summed E-state index contributed by atoms with van der Waals surface area (Å²) in [5.41, 5.74) is 1.95. The molecule has 0 aliphatic carbocycles. The number of rotatable bonds is 0. The Labute approximate surface area is 77.2 Å². The first-order valence-corrected chi connectivity index (χ1v) is 4.39.